The number of carbonyl (C=O) groups is 1. The van der Waals surface area contributed by atoms with Gasteiger partial charge >= 0.3 is 0 Å². The van der Waals surface area contributed by atoms with E-state index in [0.29, 0.717) is 30.8 Å². The molecule has 2 N–H and O–H groups in total. The van der Waals surface area contributed by atoms with Crippen molar-refractivity contribution in [3.8, 4) is 0 Å². The number of sulfonamides is 1. The summed E-state index contributed by atoms with van der Waals surface area (Å²) < 4.78 is 27.8. The predicted octanol–water partition coefficient (Wildman–Crippen LogP) is 1.49. The Kier molecular flexibility index (Phi) is 5.69. The van der Waals surface area contributed by atoms with E-state index < -0.39 is 10.0 Å². The molecular formula is C19H29N3O3S. The third-order valence-electron chi connectivity index (χ3n) is 5.43. The molecule has 1 aromatic carbocycles. The van der Waals surface area contributed by atoms with Gasteiger partial charge in [-0.05, 0) is 57.7 Å². The molecule has 1 unspecified atom stereocenters. The Hall–Kier alpha value is -1.44. The summed E-state index contributed by atoms with van der Waals surface area (Å²) in [5, 5.41) is 6.33. The number of nitrogens with one attached hydrogen (secondary N) is 2. The molecule has 0 spiro atoms. The molecule has 2 saturated heterocycles. The first-order chi connectivity index (χ1) is 12.3. The van der Waals surface area contributed by atoms with Crippen molar-refractivity contribution >= 4 is 15.9 Å². The van der Waals surface area contributed by atoms with Gasteiger partial charge in [-0.1, -0.05) is 17.7 Å². The number of piperidine rings is 1. The normalized spacial score (nSPS) is 22.5. The van der Waals surface area contributed by atoms with Crippen LogP contribution in [0.1, 0.15) is 36.0 Å². The van der Waals surface area contributed by atoms with Crippen LogP contribution in [0, 0.1) is 26.7 Å². The quantitative estimate of drug-likeness (QED) is 0.831. The molecule has 0 radical (unpaired) electrons. The van der Waals surface area contributed by atoms with Gasteiger partial charge in [0.05, 0.1) is 4.90 Å². The molecule has 0 aliphatic carbocycles. The Morgan fingerprint density at radius 1 is 1.12 bits per heavy atom. The maximum atomic E-state index is 13.1. The molecule has 0 saturated carbocycles. The molecular weight excluding hydrogens is 350 g/mol. The second-order valence-corrected chi connectivity index (χ2v) is 9.48. The molecule has 1 aromatic rings. The van der Waals surface area contributed by atoms with Gasteiger partial charge in [0.25, 0.3) is 0 Å². The van der Waals surface area contributed by atoms with Gasteiger partial charge in [0.15, 0.2) is 0 Å². The minimum Gasteiger partial charge on any atom is -0.352 e. The van der Waals surface area contributed by atoms with E-state index in [1.807, 2.05) is 32.9 Å². The molecule has 0 aromatic heterocycles. The molecule has 2 heterocycles. The van der Waals surface area contributed by atoms with Gasteiger partial charge in [-0.2, -0.15) is 4.31 Å². The summed E-state index contributed by atoms with van der Waals surface area (Å²) in [5.74, 6) is -0.0271. The van der Waals surface area contributed by atoms with Gasteiger partial charge in [-0.15, -0.1) is 0 Å². The number of carbonyl (C=O) groups excluding carboxylic acids is 1. The number of benzene rings is 1. The van der Waals surface area contributed by atoms with Crippen LogP contribution in [0.15, 0.2) is 17.0 Å². The lowest BCUT2D eigenvalue weighted by atomic mass is 9.97. The fourth-order valence-electron chi connectivity index (χ4n) is 4.16. The first-order valence-electron chi connectivity index (χ1n) is 9.38. The molecule has 2 aliphatic rings. The summed E-state index contributed by atoms with van der Waals surface area (Å²) in [5.41, 5.74) is 2.64. The molecule has 7 heteroatoms. The Morgan fingerprint density at radius 2 is 1.73 bits per heavy atom. The van der Waals surface area contributed by atoms with Crippen LogP contribution < -0.4 is 10.6 Å². The van der Waals surface area contributed by atoms with Crippen molar-refractivity contribution in [2.24, 2.45) is 5.92 Å². The molecule has 1 atom stereocenters. The van der Waals surface area contributed by atoms with Crippen molar-refractivity contribution in [3.63, 3.8) is 0 Å². The van der Waals surface area contributed by atoms with Crippen LogP contribution in [0.5, 0.6) is 0 Å². The van der Waals surface area contributed by atoms with Gasteiger partial charge in [0.1, 0.15) is 0 Å². The second-order valence-electron chi connectivity index (χ2n) is 7.60. The van der Waals surface area contributed by atoms with Gasteiger partial charge < -0.3 is 10.6 Å². The number of aryl methyl sites for hydroxylation is 3. The average Bonchev–Trinajstić information content (AvgIpc) is 3.06. The predicted molar refractivity (Wildman–Crippen MR) is 102 cm³/mol. The van der Waals surface area contributed by atoms with Crippen LogP contribution in [-0.4, -0.2) is 50.9 Å². The number of nitrogens with zero attached hydrogens (tertiary/aromatic N) is 1. The van der Waals surface area contributed by atoms with E-state index in [1.54, 1.807) is 4.31 Å². The standard InChI is InChI=1S/C19H29N3O3S/c1-13-10-14(2)18(15(3)11-13)26(24,25)22-8-5-16(6-9-22)19(23)21-17-4-7-20-12-17/h10-11,16-17,20H,4-9,12H2,1-3H3,(H,21,23). The summed E-state index contributed by atoms with van der Waals surface area (Å²) in [4.78, 5) is 12.8. The van der Waals surface area contributed by atoms with Crippen LogP contribution in [0.25, 0.3) is 0 Å². The Morgan fingerprint density at radius 3 is 2.27 bits per heavy atom. The maximum Gasteiger partial charge on any atom is 0.243 e. The van der Waals surface area contributed by atoms with Crippen molar-refractivity contribution in [2.75, 3.05) is 26.2 Å². The highest BCUT2D eigenvalue weighted by atomic mass is 32.2. The number of hydrogen-bond donors (Lipinski definition) is 2. The Bertz CT molecular complexity index is 754. The fourth-order valence-corrected chi connectivity index (χ4v) is 6.04. The maximum absolute atomic E-state index is 13.1. The lowest BCUT2D eigenvalue weighted by Crippen LogP contribution is -2.46. The van der Waals surface area contributed by atoms with Gasteiger partial charge in [0, 0.05) is 31.6 Å². The van der Waals surface area contributed by atoms with E-state index in [2.05, 4.69) is 10.6 Å². The zero-order chi connectivity index (χ0) is 18.9. The third-order valence-corrected chi connectivity index (χ3v) is 7.64. The molecule has 1 amide bonds. The molecule has 3 rings (SSSR count). The van der Waals surface area contributed by atoms with Crippen LogP contribution in [-0.2, 0) is 14.8 Å². The summed E-state index contributed by atoms with van der Waals surface area (Å²) in [6, 6.07) is 4.04. The second kappa shape index (κ2) is 7.66. The topological polar surface area (TPSA) is 78.5 Å². The van der Waals surface area contributed by atoms with Gasteiger partial charge in [-0.25, -0.2) is 8.42 Å². The summed E-state index contributed by atoms with van der Waals surface area (Å²) >= 11 is 0. The number of amides is 1. The van der Waals surface area contributed by atoms with Crippen molar-refractivity contribution < 1.29 is 13.2 Å². The summed E-state index contributed by atoms with van der Waals surface area (Å²) in [6.45, 7) is 8.24. The first kappa shape index (κ1) is 19.3. The average molecular weight is 380 g/mol. The third kappa shape index (κ3) is 3.94. The van der Waals surface area contributed by atoms with E-state index >= 15 is 0 Å². The van der Waals surface area contributed by atoms with Crippen LogP contribution in [0.4, 0.5) is 0 Å². The minimum atomic E-state index is -3.52. The Balaban J connectivity index is 1.66. The van der Waals surface area contributed by atoms with Crippen LogP contribution in [0.2, 0.25) is 0 Å². The molecule has 0 bridgehead atoms. The SMILES string of the molecule is Cc1cc(C)c(S(=O)(=O)N2CCC(C(=O)NC3CCNC3)CC2)c(C)c1. The molecule has 26 heavy (non-hydrogen) atoms. The summed E-state index contributed by atoms with van der Waals surface area (Å²) in [6.07, 6.45) is 2.12. The van der Waals surface area contributed by atoms with Gasteiger partial charge in [-0.3, -0.25) is 4.79 Å². The van der Waals surface area contributed by atoms with E-state index in [0.717, 1.165) is 36.2 Å². The van der Waals surface area contributed by atoms with Crippen molar-refractivity contribution in [2.45, 2.75) is 51.0 Å². The zero-order valence-corrected chi connectivity index (χ0v) is 16.7. The first-order valence-corrected chi connectivity index (χ1v) is 10.8. The highest BCUT2D eigenvalue weighted by Crippen LogP contribution is 2.28. The zero-order valence-electron chi connectivity index (χ0n) is 15.8. The van der Waals surface area contributed by atoms with E-state index in [-0.39, 0.29) is 17.9 Å². The molecule has 144 valence electrons. The largest absolute Gasteiger partial charge is 0.352 e. The lowest BCUT2D eigenvalue weighted by molar-refractivity contribution is -0.126. The van der Waals surface area contributed by atoms with E-state index in [4.69, 9.17) is 0 Å². The van der Waals surface area contributed by atoms with E-state index in [1.165, 1.54) is 0 Å². The van der Waals surface area contributed by atoms with Crippen LogP contribution in [0.3, 0.4) is 0 Å². The lowest BCUT2D eigenvalue weighted by Gasteiger charge is -2.32. The molecule has 6 nitrogen and oxygen atoms in total. The van der Waals surface area contributed by atoms with E-state index in [9.17, 15) is 13.2 Å². The highest BCUT2D eigenvalue weighted by Gasteiger charge is 2.34. The van der Waals surface area contributed by atoms with Gasteiger partial charge in [0.2, 0.25) is 15.9 Å². The Labute approximate surface area is 156 Å². The minimum absolute atomic E-state index is 0.0680. The smallest absolute Gasteiger partial charge is 0.243 e. The van der Waals surface area contributed by atoms with Crippen molar-refractivity contribution in [1.29, 1.82) is 0 Å². The molecule has 2 aliphatic heterocycles. The monoisotopic (exact) mass is 379 g/mol. The van der Waals surface area contributed by atoms with Crippen molar-refractivity contribution in [3.05, 3.63) is 28.8 Å². The van der Waals surface area contributed by atoms with Crippen molar-refractivity contribution in [1.82, 2.24) is 14.9 Å². The van der Waals surface area contributed by atoms with Crippen LogP contribution >= 0.6 is 0 Å². The fraction of sp³-hybridized carbons (Fsp3) is 0.632. The number of rotatable bonds is 4. The number of hydrogen-bond acceptors (Lipinski definition) is 4. The summed E-state index contributed by atoms with van der Waals surface area (Å²) in [7, 11) is -3.52. The highest BCUT2D eigenvalue weighted by molar-refractivity contribution is 7.89. The molecule has 2 fully saturated rings.